The highest BCUT2D eigenvalue weighted by atomic mass is 35.5. The summed E-state index contributed by atoms with van der Waals surface area (Å²) in [5.74, 6) is -0.235. The maximum absolute atomic E-state index is 12.4. The molecule has 1 aliphatic rings. The Morgan fingerprint density at radius 1 is 1.04 bits per heavy atom. The van der Waals surface area contributed by atoms with Gasteiger partial charge in [-0.05, 0) is 74.6 Å². The van der Waals surface area contributed by atoms with E-state index in [9.17, 15) is 4.79 Å². The standard InChI is InChI=1S/C21H25ClN4OS/c1-14-4-5-16(12-15(14)2)20(27)24-21(28)23-17-6-7-19(18(22)13-17)26-10-8-25(3)9-11-26/h4-7,12-13H,8-11H2,1-3H3,(H2,23,24,27,28). The summed E-state index contributed by atoms with van der Waals surface area (Å²) in [6.07, 6.45) is 0. The van der Waals surface area contributed by atoms with Gasteiger partial charge in [-0.25, -0.2) is 0 Å². The highest BCUT2D eigenvalue weighted by molar-refractivity contribution is 7.80. The van der Waals surface area contributed by atoms with Crippen molar-refractivity contribution in [2.24, 2.45) is 0 Å². The molecule has 148 valence electrons. The quantitative estimate of drug-likeness (QED) is 0.744. The van der Waals surface area contributed by atoms with Gasteiger partial charge in [-0.15, -0.1) is 0 Å². The SMILES string of the molecule is Cc1ccc(C(=O)NC(=S)Nc2ccc(N3CCN(C)CC3)c(Cl)c2)cc1C. The van der Waals surface area contributed by atoms with Crippen molar-refractivity contribution in [1.82, 2.24) is 10.2 Å². The van der Waals surface area contributed by atoms with E-state index in [1.54, 1.807) is 6.07 Å². The van der Waals surface area contributed by atoms with Crippen LogP contribution in [0.5, 0.6) is 0 Å². The van der Waals surface area contributed by atoms with Crippen molar-refractivity contribution in [2.45, 2.75) is 13.8 Å². The van der Waals surface area contributed by atoms with Crippen molar-refractivity contribution in [3.8, 4) is 0 Å². The molecule has 0 atom stereocenters. The number of nitrogens with zero attached hydrogens (tertiary/aromatic N) is 2. The van der Waals surface area contributed by atoms with E-state index in [2.05, 4.69) is 27.5 Å². The molecule has 2 aromatic rings. The molecule has 2 aromatic carbocycles. The van der Waals surface area contributed by atoms with Crippen molar-refractivity contribution in [3.05, 3.63) is 58.1 Å². The summed E-state index contributed by atoms with van der Waals surface area (Å²) in [5, 5.41) is 6.66. The molecule has 3 rings (SSSR count). The molecule has 1 aliphatic heterocycles. The number of carbonyl (C=O) groups excluding carboxylic acids is 1. The number of rotatable bonds is 3. The first-order chi connectivity index (χ1) is 13.3. The van der Waals surface area contributed by atoms with Crippen LogP contribution in [0.15, 0.2) is 36.4 Å². The molecular formula is C21H25ClN4OS. The molecule has 0 aliphatic carbocycles. The smallest absolute Gasteiger partial charge is 0.257 e. The summed E-state index contributed by atoms with van der Waals surface area (Å²) in [5.41, 5.74) is 4.56. The summed E-state index contributed by atoms with van der Waals surface area (Å²) in [6, 6.07) is 11.3. The zero-order chi connectivity index (χ0) is 20.3. The maximum atomic E-state index is 12.4. The second-order valence-corrected chi connectivity index (χ2v) is 7.98. The fourth-order valence-electron chi connectivity index (χ4n) is 3.11. The number of anilines is 2. The van der Waals surface area contributed by atoms with Crippen LogP contribution in [0, 0.1) is 13.8 Å². The van der Waals surface area contributed by atoms with Crippen LogP contribution in [0.25, 0.3) is 0 Å². The fraction of sp³-hybridized carbons (Fsp3) is 0.333. The molecule has 1 saturated heterocycles. The second kappa shape index (κ2) is 8.90. The van der Waals surface area contributed by atoms with Gasteiger partial charge in [0.05, 0.1) is 10.7 Å². The molecule has 0 saturated carbocycles. The Morgan fingerprint density at radius 3 is 2.39 bits per heavy atom. The number of hydrogen-bond acceptors (Lipinski definition) is 4. The summed E-state index contributed by atoms with van der Waals surface area (Å²) in [7, 11) is 2.12. The average molecular weight is 417 g/mol. The van der Waals surface area contributed by atoms with Crippen molar-refractivity contribution in [2.75, 3.05) is 43.4 Å². The van der Waals surface area contributed by atoms with E-state index < -0.39 is 0 Å². The van der Waals surface area contributed by atoms with Gasteiger partial charge in [0.15, 0.2) is 5.11 Å². The van der Waals surface area contributed by atoms with Crippen molar-refractivity contribution >= 4 is 46.2 Å². The van der Waals surface area contributed by atoms with Gasteiger partial charge >= 0.3 is 0 Å². The molecule has 0 bridgehead atoms. The number of hydrogen-bond donors (Lipinski definition) is 2. The van der Waals surface area contributed by atoms with Gasteiger partial charge in [0.2, 0.25) is 0 Å². The predicted octanol–water partition coefficient (Wildman–Crippen LogP) is 3.84. The van der Waals surface area contributed by atoms with E-state index in [4.69, 9.17) is 23.8 Å². The van der Waals surface area contributed by atoms with Gasteiger partial charge in [-0.1, -0.05) is 17.7 Å². The Labute approximate surface area is 176 Å². The number of halogens is 1. The summed E-state index contributed by atoms with van der Waals surface area (Å²) >= 11 is 11.8. The number of piperazine rings is 1. The molecule has 7 heteroatoms. The van der Waals surface area contributed by atoms with Gasteiger partial charge < -0.3 is 15.1 Å². The molecule has 5 nitrogen and oxygen atoms in total. The van der Waals surface area contributed by atoms with Gasteiger partial charge in [-0.3, -0.25) is 10.1 Å². The largest absolute Gasteiger partial charge is 0.368 e. The highest BCUT2D eigenvalue weighted by Gasteiger charge is 2.17. The first kappa shape index (κ1) is 20.6. The van der Waals surface area contributed by atoms with Crippen LogP contribution in [0.4, 0.5) is 11.4 Å². The number of thiocarbonyl (C=S) groups is 1. The third-order valence-corrected chi connectivity index (χ3v) is 5.55. The van der Waals surface area contributed by atoms with Crippen molar-refractivity contribution in [1.29, 1.82) is 0 Å². The summed E-state index contributed by atoms with van der Waals surface area (Å²) in [4.78, 5) is 17.0. The lowest BCUT2D eigenvalue weighted by atomic mass is 10.1. The zero-order valence-electron chi connectivity index (χ0n) is 16.4. The molecule has 2 N–H and O–H groups in total. The van der Waals surface area contributed by atoms with Crippen LogP contribution in [-0.2, 0) is 0 Å². The van der Waals surface area contributed by atoms with Crippen molar-refractivity contribution < 1.29 is 4.79 Å². The third-order valence-electron chi connectivity index (χ3n) is 5.05. The van der Waals surface area contributed by atoms with Crippen LogP contribution in [0.3, 0.4) is 0 Å². The van der Waals surface area contributed by atoms with Crippen LogP contribution in [0.2, 0.25) is 5.02 Å². The zero-order valence-corrected chi connectivity index (χ0v) is 18.0. The Bertz CT molecular complexity index is 894. The normalized spacial score (nSPS) is 14.6. The Morgan fingerprint density at radius 2 is 1.75 bits per heavy atom. The summed E-state index contributed by atoms with van der Waals surface area (Å²) in [6.45, 7) is 7.93. The van der Waals surface area contributed by atoms with Crippen LogP contribution in [-0.4, -0.2) is 49.1 Å². The second-order valence-electron chi connectivity index (χ2n) is 7.16. The number of carbonyl (C=O) groups is 1. The minimum atomic E-state index is -0.235. The molecular weight excluding hydrogens is 392 g/mol. The van der Waals surface area contributed by atoms with Gasteiger partial charge in [0.1, 0.15) is 0 Å². The first-order valence-electron chi connectivity index (χ1n) is 9.26. The van der Waals surface area contributed by atoms with Crippen LogP contribution >= 0.6 is 23.8 Å². The Kier molecular flexibility index (Phi) is 6.54. The molecule has 0 spiro atoms. The maximum Gasteiger partial charge on any atom is 0.257 e. The number of benzene rings is 2. The lowest BCUT2D eigenvalue weighted by Crippen LogP contribution is -2.44. The number of likely N-dealkylation sites (N-methyl/N-ethyl adjacent to an activating group) is 1. The minimum absolute atomic E-state index is 0.235. The first-order valence-corrected chi connectivity index (χ1v) is 10.0. The number of aryl methyl sites for hydroxylation is 2. The molecule has 0 radical (unpaired) electrons. The molecule has 0 unspecified atom stereocenters. The molecule has 1 heterocycles. The molecule has 1 amide bonds. The van der Waals surface area contributed by atoms with Crippen LogP contribution < -0.4 is 15.5 Å². The van der Waals surface area contributed by atoms with E-state index in [-0.39, 0.29) is 11.0 Å². The van der Waals surface area contributed by atoms with E-state index >= 15 is 0 Å². The highest BCUT2D eigenvalue weighted by Crippen LogP contribution is 2.29. The third kappa shape index (κ3) is 5.01. The van der Waals surface area contributed by atoms with E-state index in [1.165, 1.54) is 0 Å². The van der Waals surface area contributed by atoms with Gasteiger partial charge in [0, 0.05) is 37.4 Å². The fourth-order valence-corrected chi connectivity index (χ4v) is 3.62. The van der Waals surface area contributed by atoms with Gasteiger partial charge in [0.25, 0.3) is 5.91 Å². The minimum Gasteiger partial charge on any atom is -0.368 e. The number of amides is 1. The van der Waals surface area contributed by atoms with E-state index in [0.29, 0.717) is 10.6 Å². The molecule has 0 aromatic heterocycles. The predicted molar refractivity (Wildman–Crippen MR) is 121 cm³/mol. The molecule has 28 heavy (non-hydrogen) atoms. The number of nitrogens with one attached hydrogen (secondary N) is 2. The van der Waals surface area contributed by atoms with E-state index in [1.807, 2.05) is 44.2 Å². The lowest BCUT2D eigenvalue weighted by Gasteiger charge is -2.34. The van der Waals surface area contributed by atoms with Crippen molar-refractivity contribution in [3.63, 3.8) is 0 Å². The van der Waals surface area contributed by atoms with Crippen LogP contribution in [0.1, 0.15) is 21.5 Å². The average Bonchev–Trinajstić information content (AvgIpc) is 2.65. The monoisotopic (exact) mass is 416 g/mol. The Hall–Kier alpha value is -2.15. The topological polar surface area (TPSA) is 47.6 Å². The van der Waals surface area contributed by atoms with E-state index in [0.717, 1.165) is 48.7 Å². The summed E-state index contributed by atoms with van der Waals surface area (Å²) < 4.78 is 0. The van der Waals surface area contributed by atoms with Gasteiger partial charge in [-0.2, -0.15) is 0 Å². The Balaban J connectivity index is 1.61. The lowest BCUT2D eigenvalue weighted by molar-refractivity contribution is 0.0977. The molecule has 1 fully saturated rings.